The highest BCUT2D eigenvalue weighted by molar-refractivity contribution is 6.34. The Bertz CT molecular complexity index is 1930. The van der Waals surface area contributed by atoms with E-state index in [0.717, 1.165) is 17.2 Å². The lowest BCUT2D eigenvalue weighted by Gasteiger charge is -2.38. The molecule has 2 aliphatic heterocycles. The molecule has 0 radical (unpaired) electrons. The van der Waals surface area contributed by atoms with E-state index in [-0.39, 0.29) is 16.8 Å². The Balaban J connectivity index is 1.44. The van der Waals surface area contributed by atoms with Gasteiger partial charge in [-0.05, 0) is 58.7 Å². The molecule has 2 heterocycles. The average molecular weight is 637 g/mol. The highest BCUT2D eigenvalue weighted by atomic mass is 19.4. The summed E-state index contributed by atoms with van der Waals surface area (Å²) in [4.78, 5) is 51.6. The minimum atomic E-state index is -6.04. The van der Waals surface area contributed by atoms with Crippen molar-refractivity contribution in [1.82, 2.24) is 5.32 Å². The lowest BCUT2D eigenvalue weighted by molar-refractivity contribution is -0.288. The molecular weight excluding hydrogens is 614 g/mol. The lowest BCUT2D eigenvalue weighted by Crippen LogP contribution is -2.55. The van der Waals surface area contributed by atoms with E-state index in [9.17, 15) is 45.5 Å². The van der Waals surface area contributed by atoms with Crippen LogP contribution in [0.4, 0.5) is 32.0 Å². The van der Waals surface area contributed by atoms with Gasteiger partial charge in [0.1, 0.15) is 0 Å². The molecule has 12 heteroatoms. The van der Waals surface area contributed by atoms with Crippen LogP contribution in [0.3, 0.4) is 0 Å². The van der Waals surface area contributed by atoms with E-state index < -0.39 is 69.1 Å². The van der Waals surface area contributed by atoms with Crippen molar-refractivity contribution >= 4 is 29.3 Å². The summed E-state index contributed by atoms with van der Waals surface area (Å²) in [6.07, 6.45) is -12.1. The van der Waals surface area contributed by atoms with Crippen molar-refractivity contribution in [3.8, 4) is 0 Å². The van der Waals surface area contributed by atoms with Gasteiger partial charge in [0.15, 0.2) is 0 Å². The molecule has 0 bridgehead atoms. The van der Waals surface area contributed by atoms with E-state index in [0.29, 0.717) is 35.2 Å². The molecule has 0 saturated carbocycles. The summed E-state index contributed by atoms with van der Waals surface area (Å²) in [5.41, 5.74) is -8.14. The third kappa shape index (κ3) is 4.34. The number of amides is 4. The molecule has 0 spiro atoms. The van der Waals surface area contributed by atoms with Crippen LogP contribution in [0.15, 0.2) is 91.0 Å². The second-order valence-corrected chi connectivity index (χ2v) is 11.5. The molecule has 46 heavy (non-hydrogen) atoms. The monoisotopic (exact) mass is 636 g/mol. The first kappa shape index (κ1) is 30.8. The lowest BCUT2D eigenvalue weighted by atomic mass is 9.71. The van der Waals surface area contributed by atoms with Crippen molar-refractivity contribution < 1.29 is 45.5 Å². The van der Waals surface area contributed by atoms with Crippen molar-refractivity contribution in [2.24, 2.45) is 0 Å². The van der Waals surface area contributed by atoms with Crippen LogP contribution in [0, 0.1) is 0 Å². The Labute approximate surface area is 257 Å². The maximum atomic E-state index is 14.8. The normalized spacial score (nSPS) is 15.3. The molecule has 2 aliphatic rings. The van der Waals surface area contributed by atoms with Gasteiger partial charge in [0, 0.05) is 5.41 Å². The van der Waals surface area contributed by atoms with Gasteiger partial charge >= 0.3 is 12.4 Å². The molecule has 0 atom stereocenters. The average Bonchev–Trinajstić information content (AvgIpc) is 3.42. The topological polar surface area (TPSA) is 83.6 Å². The fourth-order valence-electron chi connectivity index (χ4n) is 6.14. The minimum absolute atomic E-state index is 0.0765. The first-order valence-corrected chi connectivity index (χ1v) is 13.8. The van der Waals surface area contributed by atoms with Crippen molar-refractivity contribution in [3.63, 3.8) is 0 Å². The summed E-state index contributed by atoms with van der Waals surface area (Å²) in [5.74, 6) is -4.13. The summed E-state index contributed by atoms with van der Waals surface area (Å²) in [5, 5.41) is 1.83. The SMILES string of the molecule is CC(C)(c1ccccc1)c1ccc(N2C(=O)c3ccc(C(c4ccc5c(c4)C(=O)NC5=O)(C(F)(F)F)C(F)(F)F)cc3C2=O)cc1. The van der Waals surface area contributed by atoms with E-state index in [1.54, 1.807) is 12.1 Å². The largest absolute Gasteiger partial charge is 0.411 e. The van der Waals surface area contributed by atoms with Gasteiger partial charge in [-0.1, -0.05) is 68.4 Å². The molecule has 6 nitrogen and oxygen atoms in total. The Hall–Kier alpha value is -5.26. The molecule has 234 valence electrons. The minimum Gasteiger partial charge on any atom is -0.288 e. The van der Waals surface area contributed by atoms with Gasteiger partial charge in [-0.3, -0.25) is 24.5 Å². The van der Waals surface area contributed by atoms with Crippen molar-refractivity contribution in [3.05, 3.63) is 136 Å². The van der Waals surface area contributed by atoms with Crippen molar-refractivity contribution in [2.75, 3.05) is 4.90 Å². The number of anilines is 1. The number of halogens is 6. The summed E-state index contributed by atoms with van der Waals surface area (Å²) >= 11 is 0. The number of nitrogens with zero attached hydrogens (tertiary/aromatic N) is 1. The molecule has 4 aromatic rings. The zero-order chi connectivity index (χ0) is 33.4. The van der Waals surface area contributed by atoms with E-state index in [1.807, 2.05) is 49.5 Å². The molecule has 1 N–H and O–H groups in total. The van der Waals surface area contributed by atoms with Gasteiger partial charge in [0.25, 0.3) is 23.6 Å². The third-order valence-electron chi connectivity index (χ3n) is 8.68. The van der Waals surface area contributed by atoms with E-state index in [1.165, 1.54) is 12.1 Å². The zero-order valence-electron chi connectivity index (χ0n) is 24.0. The van der Waals surface area contributed by atoms with Crippen LogP contribution in [-0.2, 0) is 10.8 Å². The molecule has 0 aromatic heterocycles. The maximum absolute atomic E-state index is 14.8. The second-order valence-electron chi connectivity index (χ2n) is 11.5. The predicted octanol–water partition coefficient (Wildman–Crippen LogP) is 7.11. The Kier molecular flexibility index (Phi) is 6.77. The quantitative estimate of drug-likeness (QED) is 0.187. The highest BCUT2D eigenvalue weighted by Gasteiger charge is 2.73. The Morgan fingerprint density at radius 3 is 1.54 bits per heavy atom. The van der Waals surface area contributed by atoms with Crippen LogP contribution < -0.4 is 10.2 Å². The molecule has 0 unspecified atom stereocenters. The molecular formula is C34H22F6N2O4. The fourth-order valence-corrected chi connectivity index (χ4v) is 6.14. The maximum Gasteiger partial charge on any atom is 0.411 e. The number of alkyl halides is 6. The molecule has 0 saturated heterocycles. The number of fused-ring (bicyclic) bond motifs is 2. The Morgan fingerprint density at radius 2 is 0.978 bits per heavy atom. The van der Waals surface area contributed by atoms with Gasteiger partial charge in [-0.15, -0.1) is 0 Å². The van der Waals surface area contributed by atoms with Gasteiger partial charge in [-0.2, -0.15) is 26.3 Å². The highest BCUT2D eigenvalue weighted by Crippen LogP contribution is 2.57. The van der Waals surface area contributed by atoms with E-state index in [4.69, 9.17) is 0 Å². The van der Waals surface area contributed by atoms with E-state index >= 15 is 0 Å². The van der Waals surface area contributed by atoms with Gasteiger partial charge < -0.3 is 0 Å². The number of nitrogens with one attached hydrogen (secondary N) is 1. The van der Waals surface area contributed by atoms with Gasteiger partial charge in [0.05, 0.1) is 27.9 Å². The van der Waals surface area contributed by atoms with Gasteiger partial charge in [-0.25, -0.2) is 4.90 Å². The van der Waals surface area contributed by atoms with Gasteiger partial charge in [0.2, 0.25) is 5.41 Å². The molecule has 4 amide bonds. The number of benzene rings is 4. The number of hydrogen-bond acceptors (Lipinski definition) is 4. The summed E-state index contributed by atoms with van der Waals surface area (Å²) in [6, 6.07) is 19.1. The number of imide groups is 2. The summed E-state index contributed by atoms with van der Waals surface area (Å²) in [6.45, 7) is 3.94. The van der Waals surface area contributed by atoms with Crippen LogP contribution in [0.5, 0.6) is 0 Å². The second kappa shape index (κ2) is 10.1. The van der Waals surface area contributed by atoms with Crippen LogP contribution in [0.25, 0.3) is 0 Å². The van der Waals surface area contributed by atoms with Crippen LogP contribution in [0.2, 0.25) is 0 Å². The summed E-state index contributed by atoms with van der Waals surface area (Å²) < 4.78 is 89.1. The van der Waals surface area contributed by atoms with Crippen LogP contribution in [-0.4, -0.2) is 36.0 Å². The van der Waals surface area contributed by atoms with Crippen LogP contribution >= 0.6 is 0 Å². The first-order valence-electron chi connectivity index (χ1n) is 13.8. The number of carbonyl (C=O) groups excluding carboxylic acids is 4. The van der Waals surface area contributed by atoms with Crippen molar-refractivity contribution in [2.45, 2.75) is 37.0 Å². The van der Waals surface area contributed by atoms with Crippen LogP contribution in [0.1, 0.15) is 77.5 Å². The van der Waals surface area contributed by atoms with Crippen molar-refractivity contribution in [1.29, 1.82) is 0 Å². The molecule has 0 fully saturated rings. The smallest absolute Gasteiger partial charge is 0.288 e. The Morgan fingerprint density at radius 1 is 0.522 bits per heavy atom. The first-order chi connectivity index (χ1) is 21.5. The third-order valence-corrected chi connectivity index (χ3v) is 8.68. The van der Waals surface area contributed by atoms with E-state index in [2.05, 4.69) is 0 Å². The molecule has 0 aliphatic carbocycles. The number of hydrogen-bond donors (Lipinski definition) is 1. The number of carbonyl (C=O) groups is 4. The summed E-state index contributed by atoms with van der Waals surface area (Å²) in [7, 11) is 0. The molecule has 6 rings (SSSR count). The predicted molar refractivity (Wildman–Crippen MR) is 154 cm³/mol. The molecule has 4 aromatic carbocycles. The number of rotatable bonds is 5. The zero-order valence-corrected chi connectivity index (χ0v) is 24.0. The standard InChI is InChI=1S/C34H22F6N2O4/c1-31(2,18-6-4-3-5-7-18)19-8-12-22(13-9-19)42-29(45)24-15-11-21(17-26(24)30(42)46)32(33(35,36)37,34(38,39)40)20-10-14-23-25(16-20)28(44)41-27(23)43/h3-17H,1-2H3,(H,41,43,44). The fraction of sp³-hybridized carbons (Fsp3) is 0.176.